The first kappa shape index (κ1) is 15.0. The van der Waals surface area contributed by atoms with Crippen molar-refractivity contribution < 1.29 is 4.79 Å². The standard InChI is InChI=1S/C17H21N3O/c1-4-8-19-14-5-6-16(12(2)10-14)17(21)20-15-7-9-18-13(3)11-15/h5-7,9-11,19H,4,8H2,1-3H3,(H,18,20,21). The Morgan fingerprint density at radius 2 is 1.95 bits per heavy atom. The fourth-order valence-electron chi connectivity index (χ4n) is 2.12. The number of amides is 1. The molecule has 21 heavy (non-hydrogen) atoms. The van der Waals surface area contributed by atoms with Gasteiger partial charge in [-0.15, -0.1) is 0 Å². The molecule has 0 radical (unpaired) electrons. The van der Waals surface area contributed by atoms with Crippen LogP contribution in [-0.2, 0) is 0 Å². The van der Waals surface area contributed by atoms with Crippen LogP contribution in [-0.4, -0.2) is 17.4 Å². The van der Waals surface area contributed by atoms with Gasteiger partial charge in [-0.1, -0.05) is 6.92 Å². The number of anilines is 2. The number of nitrogens with one attached hydrogen (secondary N) is 2. The summed E-state index contributed by atoms with van der Waals surface area (Å²) in [5, 5.41) is 6.22. The summed E-state index contributed by atoms with van der Waals surface area (Å²) in [6.07, 6.45) is 2.76. The zero-order valence-electron chi connectivity index (χ0n) is 12.7. The molecular formula is C17H21N3O. The number of carbonyl (C=O) groups is 1. The molecule has 1 heterocycles. The molecule has 0 unspecified atom stereocenters. The Labute approximate surface area is 125 Å². The molecule has 1 aromatic heterocycles. The molecule has 0 aliphatic heterocycles. The summed E-state index contributed by atoms with van der Waals surface area (Å²) in [6, 6.07) is 9.44. The summed E-state index contributed by atoms with van der Waals surface area (Å²) in [4.78, 5) is 16.4. The maximum absolute atomic E-state index is 12.3. The SMILES string of the molecule is CCCNc1ccc(C(=O)Nc2ccnc(C)c2)c(C)c1. The van der Waals surface area contributed by atoms with Crippen molar-refractivity contribution in [1.29, 1.82) is 0 Å². The molecule has 2 aromatic rings. The maximum Gasteiger partial charge on any atom is 0.255 e. The van der Waals surface area contributed by atoms with Gasteiger partial charge in [0.15, 0.2) is 0 Å². The predicted molar refractivity (Wildman–Crippen MR) is 86.9 cm³/mol. The summed E-state index contributed by atoms with van der Waals surface area (Å²) in [6.45, 7) is 6.90. The summed E-state index contributed by atoms with van der Waals surface area (Å²) < 4.78 is 0. The highest BCUT2D eigenvalue weighted by Gasteiger charge is 2.10. The molecule has 110 valence electrons. The van der Waals surface area contributed by atoms with Crippen molar-refractivity contribution in [3.8, 4) is 0 Å². The van der Waals surface area contributed by atoms with Gasteiger partial charge in [0.05, 0.1) is 0 Å². The van der Waals surface area contributed by atoms with Crippen LogP contribution in [0, 0.1) is 13.8 Å². The number of rotatable bonds is 5. The van der Waals surface area contributed by atoms with E-state index >= 15 is 0 Å². The third-order valence-corrected chi connectivity index (χ3v) is 3.20. The maximum atomic E-state index is 12.3. The zero-order valence-corrected chi connectivity index (χ0v) is 12.7. The van der Waals surface area contributed by atoms with Gasteiger partial charge in [-0.25, -0.2) is 0 Å². The van der Waals surface area contributed by atoms with Gasteiger partial charge in [0, 0.05) is 35.4 Å². The number of aryl methyl sites for hydroxylation is 2. The quantitative estimate of drug-likeness (QED) is 0.878. The normalized spacial score (nSPS) is 10.2. The van der Waals surface area contributed by atoms with Crippen molar-refractivity contribution in [2.24, 2.45) is 0 Å². The average molecular weight is 283 g/mol. The Morgan fingerprint density at radius 1 is 1.14 bits per heavy atom. The van der Waals surface area contributed by atoms with Crippen molar-refractivity contribution in [3.05, 3.63) is 53.3 Å². The minimum absolute atomic E-state index is 0.0971. The van der Waals surface area contributed by atoms with E-state index in [9.17, 15) is 4.79 Å². The number of pyridine rings is 1. The van der Waals surface area contributed by atoms with Crippen LogP contribution in [0.1, 0.15) is 35.0 Å². The molecule has 0 saturated heterocycles. The van der Waals surface area contributed by atoms with Gasteiger partial charge in [0.25, 0.3) is 5.91 Å². The van der Waals surface area contributed by atoms with Crippen LogP contribution in [0.3, 0.4) is 0 Å². The Morgan fingerprint density at radius 3 is 2.62 bits per heavy atom. The van der Waals surface area contributed by atoms with Crippen molar-refractivity contribution >= 4 is 17.3 Å². The molecule has 0 aliphatic rings. The summed E-state index contributed by atoms with van der Waals surface area (Å²) in [5.41, 5.74) is 4.33. The van der Waals surface area contributed by atoms with E-state index in [0.717, 1.165) is 35.6 Å². The second-order valence-electron chi connectivity index (χ2n) is 5.10. The van der Waals surface area contributed by atoms with Crippen LogP contribution in [0.15, 0.2) is 36.5 Å². The number of hydrogen-bond donors (Lipinski definition) is 2. The Kier molecular flexibility index (Phi) is 4.93. The van der Waals surface area contributed by atoms with Crippen LogP contribution < -0.4 is 10.6 Å². The van der Waals surface area contributed by atoms with Crippen molar-refractivity contribution in [1.82, 2.24) is 4.98 Å². The molecule has 0 saturated carbocycles. The molecule has 0 atom stereocenters. The Hall–Kier alpha value is -2.36. The fourth-order valence-corrected chi connectivity index (χ4v) is 2.12. The second-order valence-corrected chi connectivity index (χ2v) is 5.10. The highest BCUT2D eigenvalue weighted by atomic mass is 16.1. The summed E-state index contributed by atoms with van der Waals surface area (Å²) in [5.74, 6) is -0.0971. The summed E-state index contributed by atoms with van der Waals surface area (Å²) in [7, 11) is 0. The van der Waals surface area contributed by atoms with E-state index < -0.39 is 0 Å². The Bertz CT molecular complexity index is 638. The van der Waals surface area contributed by atoms with Crippen molar-refractivity contribution in [2.45, 2.75) is 27.2 Å². The molecule has 1 aromatic carbocycles. The molecule has 0 aliphatic carbocycles. The zero-order chi connectivity index (χ0) is 15.2. The van der Waals surface area contributed by atoms with Crippen LogP contribution in [0.2, 0.25) is 0 Å². The third kappa shape index (κ3) is 4.05. The lowest BCUT2D eigenvalue weighted by atomic mass is 10.1. The molecule has 1 amide bonds. The van der Waals surface area contributed by atoms with E-state index in [2.05, 4.69) is 22.5 Å². The second kappa shape index (κ2) is 6.88. The highest BCUT2D eigenvalue weighted by molar-refractivity contribution is 6.05. The van der Waals surface area contributed by atoms with Gasteiger partial charge in [0.2, 0.25) is 0 Å². The lowest BCUT2D eigenvalue weighted by molar-refractivity contribution is 0.102. The Balaban J connectivity index is 2.12. The molecule has 4 nitrogen and oxygen atoms in total. The van der Waals surface area contributed by atoms with Crippen LogP contribution >= 0.6 is 0 Å². The van der Waals surface area contributed by atoms with Crippen LogP contribution in [0.4, 0.5) is 11.4 Å². The lowest BCUT2D eigenvalue weighted by Gasteiger charge is -2.11. The van der Waals surface area contributed by atoms with Gasteiger partial charge < -0.3 is 10.6 Å². The van der Waals surface area contributed by atoms with Crippen LogP contribution in [0.5, 0.6) is 0 Å². The van der Waals surface area contributed by atoms with Gasteiger partial charge >= 0.3 is 0 Å². The fraction of sp³-hybridized carbons (Fsp3) is 0.294. The molecule has 2 rings (SSSR count). The molecule has 0 spiro atoms. The van der Waals surface area contributed by atoms with Crippen LogP contribution in [0.25, 0.3) is 0 Å². The number of aromatic nitrogens is 1. The molecule has 0 bridgehead atoms. The monoisotopic (exact) mass is 283 g/mol. The van der Waals surface area contributed by atoms with E-state index in [1.165, 1.54) is 0 Å². The number of hydrogen-bond acceptors (Lipinski definition) is 3. The van der Waals surface area contributed by atoms with E-state index in [-0.39, 0.29) is 5.91 Å². The minimum Gasteiger partial charge on any atom is -0.385 e. The molecule has 2 N–H and O–H groups in total. The van der Waals surface area contributed by atoms with Crippen molar-refractivity contribution in [3.63, 3.8) is 0 Å². The average Bonchev–Trinajstić information content (AvgIpc) is 2.45. The van der Waals surface area contributed by atoms with E-state index in [1.807, 2.05) is 38.1 Å². The van der Waals surface area contributed by atoms with E-state index in [0.29, 0.717) is 5.56 Å². The van der Waals surface area contributed by atoms with Gasteiger partial charge in [-0.3, -0.25) is 9.78 Å². The topological polar surface area (TPSA) is 54.0 Å². The number of nitrogens with zero attached hydrogens (tertiary/aromatic N) is 1. The molecule has 4 heteroatoms. The first-order valence-electron chi connectivity index (χ1n) is 7.18. The highest BCUT2D eigenvalue weighted by Crippen LogP contribution is 2.17. The summed E-state index contributed by atoms with van der Waals surface area (Å²) >= 11 is 0. The van der Waals surface area contributed by atoms with E-state index in [4.69, 9.17) is 0 Å². The predicted octanol–water partition coefficient (Wildman–Crippen LogP) is 3.77. The number of benzene rings is 1. The molecule has 0 fully saturated rings. The van der Waals surface area contributed by atoms with Gasteiger partial charge in [0.1, 0.15) is 0 Å². The molecular weight excluding hydrogens is 262 g/mol. The van der Waals surface area contributed by atoms with Gasteiger partial charge in [-0.05, 0) is 56.2 Å². The minimum atomic E-state index is -0.0971. The number of carbonyl (C=O) groups excluding carboxylic acids is 1. The third-order valence-electron chi connectivity index (χ3n) is 3.20. The van der Waals surface area contributed by atoms with Gasteiger partial charge in [-0.2, -0.15) is 0 Å². The van der Waals surface area contributed by atoms with Crippen molar-refractivity contribution in [2.75, 3.05) is 17.2 Å². The lowest BCUT2D eigenvalue weighted by Crippen LogP contribution is -2.14. The first-order chi connectivity index (χ1) is 10.1. The smallest absolute Gasteiger partial charge is 0.255 e. The largest absolute Gasteiger partial charge is 0.385 e. The first-order valence-corrected chi connectivity index (χ1v) is 7.18. The van der Waals surface area contributed by atoms with E-state index in [1.54, 1.807) is 12.3 Å².